The maximum absolute atomic E-state index is 13.2. The molecule has 1 aliphatic rings. The number of allylic oxidation sites excluding steroid dienone is 2. The first kappa shape index (κ1) is 23.1. The molecule has 0 bridgehead atoms. The van der Waals surface area contributed by atoms with Gasteiger partial charge in [-0.1, -0.05) is 0 Å². The maximum atomic E-state index is 13.2. The molecular formula is C25H28O7. The summed E-state index contributed by atoms with van der Waals surface area (Å²) in [6, 6.07) is 6.91. The molecule has 0 atom stereocenters. The molecule has 0 spiro atoms. The largest absolute Gasteiger partial charge is 0.504 e. The molecule has 0 unspecified atom stereocenters. The van der Waals surface area contributed by atoms with Crippen LogP contribution in [0.4, 0.5) is 0 Å². The Morgan fingerprint density at radius 2 is 1.12 bits per heavy atom. The van der Waals surface area contributed by atoms with Gasteiger partial charge in [-0.15, -0.1) is 0 Å². The van der Waals surface area contributed by atoms with Crippen molar-refractivity contribution in [1.29, 1.82) is 0 Å². The van der Waals surface area contributed by atoms with Crippen molar-refractivity contribution in [2.75, 3.05) is 35.5 Å². The van der Waals surface area contributed by atoms with Gasteiger partial charge in [-0.2, -0.15) is 0 Å². The minimum absolute atomic E-state index is 0.0284. The highest BCUT2D eigenvalue weighted by Crippen LogP contribution is 2.40. The number of carbonyl (C=O) groups is 1. The summed E-state index contributed by atoms with van der Waals surface area (Å²) >= 11 is 0. The number of carbonyl (C=O) groups excluding carboxylic acids is 1. The lowest BCUT2D eigenvalue weighted by molar-refractivity contribution is -0.112. The molecule has 0 radical (unpaired) electrons. The van der Waals surface area contributed by atoms with Crippen LogP contribution in [-0.4, -0.2) is 46.4 Å². The second kappa shape index (κ2) is 10.1. The van der Waals surface area contributed by atoms with E-state index in [-0.39, 0.29) is 17.3 Å². The second-order valence-electron chi connectivity index (χ2n) is 7.26. The lowest BCUT2D eigenvalue weighted by Crippen LogP contribution is -2.12. The average molecular weight is 440 g/mol. The minimum atomic E-state index is -0.0462. The molecule has 0 aliphatic heterocycles. The standard InChI is InChI=1S/C25H28O7/c1-28-20-12-15(11-19(26)24(20)31-4)9-17-7-6-8-18(23(17)27)10-16-13-21(29-2)25(32-5)22(14-16)30-3/h9-14,26H,6-8H2,1-5H3/b17-9+,18-10+. The van der Waals surface area contributed by atoms with Crippen molar-refractivity contribution in [2.24, 2.45) is 0 Å². The number of Topliss-reactive ketones (excluding diaryl/α,β-unsaturated/α-hetero) is 1. The van der Waals surface area contributed by atoms with Crippen molar-refractivity contribution in [3.05, 3.63) is 46.5 Å². The van der Waals surface area contributed by atoms with E-state index in [1.165, 1.54) is 14.2 Å². The molecule has 7 heteroatoms. The van der Waals surface area contributed by atoms with Gasteiger partial charge in [0.2, 0.25) is 11.5 Å². The molecule has 0 saturated heterocycles. The number of phenols is 1. The number of ether oxygens (including phenoxy) is 5. The van der Waals surface area contributed by atoms with Gasteiger partial charge in [0.25, 0.3) is 0 Å². The number of benzene rings is 2. The van der Waals surface area contributed by atoms with Gasteiger partial charge in [0.05, 0.1) is 35.5 Å². The Morgan fingerprint density at radius 3 is 1.56 bits per heavy atom. The fourth-order valence-corrected chi connectivity index (χ4v) is 3.81. The number of aromatic hydroxyl groups is 1. The molecule has 2 aromatic rings. The molecule has 1 aliphatic carbocycles. The summed E-state index contributed by atoms with van der Waals surface area (Å²) in [5, 5.41) is 10.2. The Balaban J connectivity index is 1.97. The molecule has 32 heavy (non-hydrogen) atoms. The summed E-state index contributed by atoms with van der Waals surface area (Å²) < 4.78 is 26.7. The fourth-order valence-electron chi connectivity index (χ4n) is 3.81. The third kappa shape index (κ3) is 4.66. The number of hydrogen-bond acceptors (Lipinski definition) is 7. The van der Waals surface area contributed by atoms with Crippen LogP contribution in [0, 0.1) is 0 Å². The van der Waals surface area contributed by atoms with Gasteiger partial charge in [-0.3, -0.25) is 4.79 Å². The van der Waals surface area contributed by atoms with Gasteiger partial charge >= 0.3 is 0 Å². The summed E-state index contributed by atoms with van der Waals surface area (Å²) in [5.74, 6) is 2.14. The molecule has 7 nitrogen and oxygen atoms in total. The zero-order valence-corrected chi connectivity index (χ0v) is 19.0. The van der Waals surface area contributed by atoms with Crippen LogP contribution in [-0.2, 0) is 4.79 Å². The predicted molar refractivity (Wildman–Crippen MR) is 122 cm³/mol. The summed E-state index contributed by atoms with van der Waals surface area (Å²) in [6.07, 6.45) is 5.80. The Hall–Kier alpha value is -3.61. The highest BCUT2D eigenvalue weighted by molar-refractivity contribution is 6.14. The average Bonchev–Trinajstić information content (AvgIpc) is 2.80. The van der Waals surface area contributed by atoms with Crippen molar-refractivity contribution in [3.8, 4) is 34.5 Å². The predicted octanol–water partition coefficient (Wildman–Crippen LogP) is 4.66. The Bertz CT molecular complexity index is 1040. The van der Waals surface area contributed by atoms with Gasteiger partial charge in [0.15, 0.2) is 28.8 Å². The van der Waals surface area contributed by atoms with E-state index in [1.807, 2.05) is 18.2 Å². The van der Waals surface area contributed by atoms with Crippen LogP contribution in [0.1, 0.15) is 30.4 Å². The van der Waals surface area contributed by atoms with Crippen LogP contribution in [0.25, 0.3) is 12.2 Å². The molecule has 1 saturated carbocycles. The molecule has 170 valence electrons. The molecule has 0 aromatic heterocycles. The first-order valence-corrected chi connectivity index (χ1v) is 10.2. The van der Waals surface area contributed by atoms with Crippen LogP contribution < -0.4 is 23.7 Å². The highest BCUT2D eigenvalue weighted by atomic mass is 16.5. The van der Waals surface area contributed by atoms with E-state index in [0.717, 1.165) is 12.0 Å². The van der Waals surface area contributed by atoms with Crippen molar-refractivity contribution in [2.45, 2.75) is 19.3 Å². The van der Waals surface area contributed by atoms with Crippen molar-refractivity contribution >= 4 is 17.9 Å². The second-order valence-corrected chi connectivity index (χ2v) is 7.26. The maximum Gasteiger partial charge on any atom is 0.203 e. The van der Waals surface area contributed by atoms with Gasteiger partial charge in [-0.05, 0) is 66.8 Å². The van der Waals surface area contributed by atoms with Crippen LogP contribution in [0.3, 0.4) is 0 Å². The van der Waals surface area contributed by atoms with Gasteiger partial charge in [0.1, 0.15) is 0 Å². The summed E-state index contributed by atoms with van der Waals surface area (Å²) in [6.45, 7) is 0. The summed E-state index contributed by atoms with van der Waals surface area (Å²) in [4.78, 5) is 13.2. The van der Waals surface area contributed by atoms with Crippen molar-refractivity contribution in [3.63, 3.8) is 0 Å². The number of rotatable bonds is 7. The Labute approximate surface area is 187 Å². The van der Waals surface area contributed by atoms with Crippen LogP contribution >= 0.6 is 0 Å². The van der Waals surface area contributed by atoms with E-state index in [9.17, 15) is 9.90 Å². The highest BCUT2D eigenvalue weighted by Gasteiger charge is 2.22. The first-order chi connectivity index (χ1) is 15.4. The molecule has 1 fully saturated rings. The van der Waals surface area contributed by atoms with E-state index < -0.39 is 0 Å². The first-order valence-electron chi connectivity index (χ1n) is 10.2. The molecular weight excluding hydrogens is 412 g/mol. The van der Waals surface area contributed by atoms with E-state index >= 15 is 0 Å². The molecule has 3 rings (SSSR count). The lowest BCUT2D eigenvalue weighted by atomic mass is 9.86. The van der Waals surface area contributed by atoms with Gasteiger partial charge in [-0.25, -0.2) is 0 Å². The molecule has 2 aromatic carbocycles. The van der Waals surface area contributed by atoms with Crippen molar-refractivity contribution in [1.82, 2.24) is 0 Å². The summed E-state index contributed by atoms with van der Waals surface area (Å²) in [5.41, 5.74) is 2.81. The minimum Gasteiger partial charge on any atom is -0.504 e. The van der Waals surface area contributed by atoms with Crippen molar-refractivity contribution < 1.29 is 33.6 Å². The van der Waals surface area contributed by atoms with Crippen LogP contribution in [0.5, 0.6) is 34.5 Å². The summed E-state index contributed by atoms with van der Waals surface area (Å²) in [7, 11) is 7.61. The van der Waals surface area contributed by atoms with Gasteiger partial charge in [0, 0.05) is 11.1 Å². The fraction of sp³-hybridized carbons (Fsp3) is 0.320. The van der Waals surface area contributed by atoms with Crippen LogP contribution in [0.15, 0.2) is 35.4 Å². The van der Waals surface area contributed by atoms with E-state index in [1.54, 1.807) is 39.5 Å². The molecule has 1 N–H and O–H groups in total. The topological polar surface area (TPSA) is 83.5 Å². The third-order valence-electron chi connectivity index (χ3n) is 5.33. The van der Waals surface area contributed by atoms with E-state index in [2.05, 4.69) is 0 Å². The smallest absolute Gasteiger partial charge is 0.203 e. The zero-order chi connectivity index (χ0) is 23.3. The third-order valence-corrected chi connectivity index (χ3v) is 5.33. The Kier molecular flexibility index (Phi) is 7.30. The van der Waals surface area contributed by atoms with E-state index in [4.69, 9.17) is 23.7 Å². The lowest BCUT2D eigenvalue weighted by Gasteiger charge is -2.18. The number of methoxy groups -OCH3 is 5. The number of hydrogen-bond donors (Lipinski definition) is 1. The zero-order valence-electron chi connectivity index (χ0n) is 19.0. The molecule has 0 amide bonds. The van der Waals surface area contributed by atoms with Crippen LogP contribution in [0.2, 0.25) is 0 Å². The number of ketones is 1. The van der Waals surface area contributed by atoms with Gasteiger partial charge < -0.3 is 28.8 Å². The quantitative estimate of drug-likeness (QED) is 0.627. The Morgan fingerprint density at radius 1 is 0.688 bits per heavy atom. The number of phenolic OH excluding ortho intramolecular Hbond substituents is 1. The molecule has 0 heterocycles. The normalized spacial score (nSPS) is 16.2. The SMILES string of the molecule is COc1cc(/C=C2\CCC/C(=C\c3cc(OC)c(OC)c(OC)c3)C2=O)cc(O)c1OC. The van der Waals surface area contributed by atoms with E-state index in [0.29, 0.717) is 52.5 Å². The monoisotopic (exact) mass is 440 g/mol.